The predicted octanol–water partition coefficient (Wildman–Crippen LogP) is 3.81. The quantitative estimate of drug-likeness (QED) is 0.388. The van der Waals surface area contributed by atoms with Gasteiger partial charge < -0.3 is 24.8 Å². The van der Waals surface area contributed by atoms with E-state index in [0.29, 0.717) is 9.54 Å². The molecule has 0 saturated carbocycles. The Labute approximate surface area is 255 Å². The normalized spacial score (nSPS) is 16.1. The summed E-state index contributed by atoms with van der Waals surface area (Å²) in [5, 5.41) is 0. The van der Waals surface area contributed by atoms with E-state index in [9.17, 15) is 0 Å². The molecule has 0 spiro atoms. The van der Waals surface area contributed by atoms with Crippen LogP contribution >= 0.6 is 0 Å². The van der Waals surface area contributed by atoms with Crippen molar-refractivity contribution in [3.05, 3.63) is 129 Å². The van der Waals surface area contributed by atoms with Crippen LogP contribution in [0.2, 0.25) is 0 Å². The predicted molar refractivity (Wildman–Crippen MR) is 160 cm³/mol. The van der Waals surface area contributed by atoms with E-state index in [1.54, 1.807) is 6.49 Å². The van der Waals surface area contributed by atoms with Crippen molar-refractivity contribution >= 4 is 15.4 Å². The van der Waals surface area contributed by atoms with Crippen molar-refractivity contribution in [2.75, 3.05) is 0 Å². The van der Waals surface area contributed by atoms with E-state index in [4.69, 9.17) is 0 Å². The van der Waals surface area contributed by atoms with E-state index in [0.717, 1.165) is 6.42 Å². The zero-order valence-corrected chi connectivity index (χ0v) is 27.7. The van der Waals surface area contributed by atoms with Crippen LogP contribution in [0, 0.1) is 11.3 Å². The average Bonchev–Trinajstić information content (AvgIpc) is 3.45. The first kappa shape index (κ1) is 31.5. The number of fused-ring (bicyclic) bond motifs is 3. The third-order valence-corrected chi connectivity index (χ3v) is 17.2. The third-order valence-electron chi connectivity index (χ3n) is 8.04. The first-order chi connectivity index (χ1) is 17.8. The fourth-order valence-electron chi connectivity index (χ4n) is 6.05. The SMILES string of the molecule is C=Cc1ccc2c(c1)-c1cc(C=C)ccc1[CH]2/[Zr+2]([C]1=CC(C(C)(C)C)=CC1C)=[C](\CC)c1ccccc1.[Cl-].[Cl-]. The maximum Gasteiger partial charge on any atom is -1.00 e. The number of hydrogen-bond donors (Lipinski definition) is 0. The number of halogens is 2. The Morgan fingerprint density at radius 3 is 1.82 bits per heavy atom. The zero-order chi connectivity index (χ0) is 26.3. The van der Waals surface area contributed by atoms with Crippen molar-refractivity contribution in [1.82, 2.24) is 0 Å². The topological polar surface area (TPSA) is 0 Å². The second-order valence-corrected chi connectivity index (χ2v) is 17.8. The molecule has 0 heterocycles. The Bertz CT molecular complexity index is 1420. The van der Waals surface area contributed by atoms with E-state index in [-0.39, 0.29) is 30.2 Å². The van der Waals surface area contributed by atoms with Gasteiger partial charge >= 0.3 is 232 Å². The van der Waals surface area contributed by atoms with Crippen molar-refractivity contribution < 1.29 is 46.1 Å². The van der Waals surface area contributed by atoms with Crippen molar-refractivity contribution in [3.63, 3.8) is 0 Å². The van der Waals surface area contributed by atoms with Gasteiger partial charge in [-0.2, -0.15) is 0 Å². The molecule has 39 heavy (non-hydrogen) atoms. The van der Waals surface area contributed by atoms with Crippen molar-refractivity contribution in [2.45, 2.75) is 44.7 Å². The van der Waals surface area contributed by atoms with Crippen molar-refractivity contribution in [1.29, 1.82) is 0 Å². The molecule has 5 rings (SSSR count). The summed E-state index contributed by atoms with van der Waals surface area (Å²) in [4.78, 5) is 0. The van der Waals surface area contributed by atoms with Crippen molar-refractivity contribution in [3.8, 4) is 11.1 Å². The maximum atomic E-state index is 4.06. The van der Waals surface area contributed by atoms with Crippen LogP contribution in [-0.2, 0) is 21.3 Å². The fraction of sp³-hybridized carbons (Fsp3) is 0.250. The van der Waals surface area contributed by atoms with Crippen LogP contribution in [0.5, 0.6) is 0 Å². The summed E-state index contributed by atoms with van der Waals surface area (Å²) in [5.74, 6) is 0.487. The second kappa shape index (κ2) is 12.6. The summed E-state index contributed by atoms with van der Waals surface area (Å²) in [6.07, 6.45) is 10.2. The first-order valence-electron chi connectivity index (χ1n) is 13.5. The standard InChI is InChI=1S/C17H13.C10H15.C9H10.2ClH.Zr/c1-3-12-5-7-14-11-15-8-6-13(4-2)10-17(15)16(14)9-12;1-8-5-6-9(7-8)10(2,3)4;1-2-6-9-7-4-3-5-8-9;;;/h3-11H,1-2H2;6-8H,1-4H3;3-5,7-8H,2H2,1H3;2*1H;/q;;;;;+2/p-2. The van der Waals surface area contributed by atoms with Gasteiger partial charge in [-0.3, -0.25) is 0 Å². The Kier molecular flexibility index (Phi) is 10.2. The summed E-state index contributed by atoms with van der Waals surface area (Å²) in [6.45, 7) is 20.0. The van der Waals surface area contributed by atoms with Gasteiger partial charge in [0.15, 0.2) is 0 Å². The first-order valence-corrected chi connectivity index (χ1v) is 17.4. The van der Waals surface area contributed by atoms with E-state index < -0.39 is 21.3 Å². The van der Waals surface area contributed by atoms with Gasteiger partial charge in [0.2, 0.25) is 0 Å². The van der Waals surface area contributed by atoms with Gasteiger partial charge in [-0.05, 0) is 0 Å². The van der Waals surface area contributed by atoms with Crippen molar-refractivity contribution in [2.24, 2.45) is 11.3 Å². The zero-order valence-electron chi connectivity index (χ0n) is 23.7. The smallest absolute Gasteiger partial charge is 1.00 e. The molecule has 0 saturated heterocycles. The molecule has 200 valence electrons. The van der Waals surface area contributed by atoms with Crippen LogP contribution in [0.25, 0.3) is 23.3 Å². The molecular weight excluding hydrogens is 595 g/mol. The molecule has 0 aliphatic heterocycles. The minimum Gasteiger partial charge on any atom is -1.00 e. The van der Waals surface area contributed by atoms with Crippen LogP contribution in [0.4, 0.5) is 0 Å². The minimum atomic E-state index is -2.52. The third kappa shape index (κ3) is 5.88. The Morgan fingerprint density at radius 1 is 0.846 bits per heavy atom. The molecule has 3 heteroatoms. The molecular formula is C36H38Cl2Zr. The largest absolute Gasteiger partial charge is 1.00 e. The maximum absolute atomic E-state index is 4.06. The van der Waals surface area contributed by atoms with Gasteiger partial charge in [0.1, 0.15) is 0 Å². The molecule has 0 nitrogen and oxygen atoms in total. The van der Waals surface area contributed by atoms with E-state index >= 15 is 0 Å². The molecule has 2 aliphatic rings. The Balaban J connectivity index is 0.00000210. The van der Waals surface area contributed by atoms with Gasteiger partial charge in [0, 0.05) is 0 Å². The molecule has 1 atom stereocenters. The Morgan fingerprint density at radius 2 is 1.38 bits per heavy atom. The average molecular weight is 633 g/mol. The van der Waals surface area contributed by atoms with Crippen LogP contribution in [0.3, 0.4) is 0 Å². The van der Waals surface area contributed by atoms with Gasteiger partial charge in [-0.25, -0.2) is 0 Å². The molecule has 3 aromatic rings. The number of benzene rings is 3. The number of rotatable bonds is 6. The monoisotopic (exact) mass is 630 g/mol. The number of hydrogen-bond acceptors (Lipinski definition) is 0. The Hall–Kier alpha value is -2.05. The number of allylic oxidation sites excluding steroid dienone is 4. The molecule has 1 unspecified atom stereocenters. The summed E-state index contributed by atoms with van der Waals surface area (Å²) >= 11 is -2.52. The molecule has 0 N–H and O–H groups in total. The van der Waals surface area contributed by atoms with Gasteiger partial charge in [-0.1, -0.05) is 0 Å². The summed E-state index contributed by atoms with van der Waals surface area (Å²) < 4.78 is 3.91. The van der Waals surface area contributed by atoms with E-state index in [1.807, 2.05) is 12.2 Å². The summed E-state index contributed by atoms with van der Waals surface area (Å²) in [7, 11) is 0. The van der Waals surface area contributed by atoms with Gasteiger partial charge in [0.05, 0.1) is 0 Å². The summed E-state index contributed by atoms with van der Waals surface area (Å²) in [6, 6.07) is 25.3. The molecule has 0 aromatic heterocycles. The van der Waals surface area contributed by atoms with Gasteiger partial charge in [-0.15, -0.1) is 0 Å². The summed E-state index contributed by atoms with van der Waals surface area (Å²) in [5.41, 5.74) is 11.3. The molecule has 0 radical (unpaired) electrons. The minimum absolute atomic E-state index is 0. The van der Waals surface area contributed by atoms with Gasteiger partial charge in [0.25, 0.3) is 0 Å². The van der Waals surface area contributed by atoms with E-state index in [2.05, 4.69) is 127 Å². The van der Waals surface area contributed by atoms with Crippen LogP contribution in [0.15, 0.2) is 101 Å². The van der Waals surface area contributed by atoms with Crippen LogP contribution < -0.4 is 24.8 Å². The molecule has 2 aliphatic carbocycles. The molecule has 3 aromatic carbocycles. The molecule has 0 bridgehead atoms. The van der Waals surface area contributed by atoms with Crippen LogP contribution in [0.1, 0.15) is 72.5 Å². The molecule has 0 amide bonds. The second-order valence-electron chi connectivity index (χ2n) is 11.4. The molecule has 0 fully saturated rings. The van der Waals surface area contributed by atoms with Crippen LogP contribution in [-0.4, -0.2) is 3.21 Å². The van der Waals surface area contributed by atoms with E-state index in [1.165, 1.54) is 44.5 Å². The fourth-order valence-corrected chi connectivity index (χ4v) is 15.6.